The van der Waals surface area contributed by atoms with Crippen LogP contribution in [0.4, 0.5) is 0 Å². The summed E-state index contributed by atoms with van der Waals surface area (Å²) in [6, 6.07) is 14.0. The molecule has 1 fully saturated rings. The molecule has 1 amide bonds. The number of hydrogen-bond donors (Lipinski definition) is 1. The van der Waals surface area contributed by atoms with Crippen molar-refractivity contribution in [3.8, 4) is 5.75 Å². The van der Waals surface area contributed by atoms with Gasteiger partial charge in [0.2, 0.25) is 0 Å². The van der Waals surface area contributed by atoms with Crippen molar-refractivity contribution < 1.29 is 14.3 Å². The first-order valence-electron chi connectivity index (χ1n) is 9.41. The van der Waals surface area contributed by atoms with E-state index in [1.807, 2.05) is 61.5 Å². The number of para-hydroxylation sites is 1. The number of hydrogen-bond acceptors (Lipinski definition) is 4. The van der Waals surface area contributed by atoms with Gasteiger partial charge in [-0.3, -0.25) is 9.89 Å². The number of aryl methyl sites for hydroxylation is 1. The van der Waals surface area contributed by atoms with Gasteiger partial charge >= 0.3 is 0 Å². The maximum absolute atomic E-state index is 12.2. The molecule has 1 N–H and O–H groups in total. The Balaban J connectivity index is 1.40. The first-order valence-corrected chi connectivity index (χ1v) is 9.41. The van der Waals surface area contributed by atoms with Crippen LogP contribution in [0.2, 0.25) is 0 Å². The van der Waals surface area contributed by atoms with Crippen molar-refractivity contribution in [1.82, 2.24) is 15.1 Å². The number of fused-ring (bicyclic) bond motifs is 1. The molecule has 2 heterocycles. The Labute approximate surface area is 163 Å². The van der Waals surface area contributed by atoms with Crippen molar-refractivity contribution in [2.24, 2.45) is 0 Å². The molecular formula is C22H23N3O3. The van der Waals surface area contributed by atoms with Gasteiger partial charge in [0.05, 0.1) is 24.4 Å². The fourth-order valence-electron chi connectivity index (χ4n) is 3.27. The summed E-state index contributed by atoms with van der Waals surface area (Å²) in [5.41, 5.74) is 3.97. The SMILES string of the molecule is Cc1cc(/C=C/c2n[nH]c3ccccc23)ccc1OCC(=O)N1CCOCC1. The lowest BCUT2D eigenvalue weighted by Gasteiger charge is -2.26. The van der Waals surface area contributed by atoms with E-state index in [1.165, 1.54) is 0 Å². The lowest BCUT2D eigenvalue weighted by atomic mass is 10.1. The molecule has 0 aliphatic carbocycles. The number of ether oxygens (including phenoxy) is 2. The molecule has 1 aliphatic rings. The van der Waals surface area contributed by atoms with Crippen LogP contribution in [-0.2, 0) is 9.53 Å². The number of carbonyl (C=O) groups excluding carboxylic acids is 1. The summed E-state index contributed by atoms with van der Waals surface area (Å²) >= 11 is 0. The van der Waals surface area contributed by atoms with Crippen molar-refractivity contribution in [1.29, 1.82) is 0 Å². The van der Waals surface area contributed by atoms with E-state index in [-0.39, 0.29) is 12.5 Å². The van der Waals surface area contributed by atoms with E-state index in [2.05, 4.69) is 10.2 Å². The van der Waals surface area contributed by atoms with Gasteiger partial charge in [-0.2, -0.15) is 5.10 Å². The van der Waals surface area contributed by atoms with Gasteiger partial charge < -0.3 is 14.4 Å². The second-order valence-corrected chi connectivity index (χ2v) is 6.79. The van der Waals surface area contributed by atoms with E-state index in [0.29, 0.717) is 26.3 Å². The smallest absolute Gasteiger partial charge is 0.260 e. The molecule has 4 rings (SSSR count). The standard InChI is InChI=1S/C22H23N3O3/c1-16-14-17(6-8-20-18-4-2-3-5-19(18)23-24-20)7-9-21(16)28-15-22(26)25-10-12-27-13-11-25/h2-9,14H,10-13,15H2,1H3,(H,23,24)/b8-6+. The fraction of sp³-hybridized carbons (Fsp3) is 0.273. The third kappa shape index (κ3) is 4.07. The number of aromatic amines is 1. The van der Waals surface area contributed by atoms with Crippen LogP contribution in [0.3, 0.4) is 0 Å². The summed E-state index contributed by atoms with van der Waals surface area (Å²) in [6.45, 7) is 4.48. The number of aromatic nitrogens is 2. The van der Waals surface area contributed by atoms with Crippen LogP contribution in [0.15, 0.2) is 42.5 Å². The Morgan fingerprint density at radius 2 is 2.04 bits per heavy atom. The van der Waals surface area contributed by atoms with Gasteiger partial charge in [0.25, 0.3) is 5.91 Å². The fourth-order valence-corrected chi connectivity index (χ4v) is 3.27. The molecule has 0 unspecified atom stereocenters. The predicted molar refractivity (Wildman–Crippen MR) is 109 cm³/mol. The molecule has 1 aromatic heterocycles. The minimum Gasteiger partial charge on any atom is -0.483 e. The molecule has 6 nitrogen and oxygen atoms in total. The number of nitrogens with zero attached hydrogens (tertiary/aromatic N) is 2. The number of benzene rings is 2. The van der Waals surface area contributed by atoms with Crippen molar-refractivity contribution in [2.75, 3.05) is 32.9 Å². The number of rotatable bonds is 5. The highest BCUT2D eigenvalue weighted by molar-refractivity contribution is 5.89. The first-order chi connectivity index (χ1) is 13.7. The van der Waals surface area contributed by atoms with Crippen LogP contribution in [0.25, 0.3) is 23.1 Å². The molecule has 0 radical (unpaired) electrons. The van der Waals surface area contributed by atoms with Crippen molar-refractivity contribution in [2.45, 2.75) is 6.92 Å². The van der Waals surface area contributed by atoms with Gasteiger partial charge in [-0.25, -0.2) is 0 Å². The van der Waals surface area contributed by atoms with Crippen LogP contribution in [0.5, 0.6) is 5.75 Å². The Morgan fingerprint density at radius 3 is 2.86 bits per heavy atom. The Kier molecular flexibility index (Phi) is 5.39. The first kappa shape index (κ1) is 18.3. The summed E-state index contributed by atoms with van der Waals surface area (Å²) in [6.07, 6.45) is 4.02. The van der Waals surface area contributed by atoms with E-state index in [0.717, 1.165) is 33.5 Å². The number of amides is 1. The summed E-state index contributed by atoms with van der Waals surface area (Å²) in [5, 5.41) is 8.48. The molecular weight excluding hydrogens is 354 g/mol. The highest BCUT2D eigenvalue weighted by Gasteiger charge is 2.17. The number of morpholine rings is 1. The third-order valence-electron chi connectivity index (χ3n) is 4.85. The second kappa shape index (κ2) is 8.27. The minimum atomic E-state index is -0.00270. The molecule has 1 saturated heterocycles. The van der Waals surface area contributed by atoms with Gasteiger partial charge in [0.15, 0.2) is 6.61 Å². The monoisotopic (exact) mass is 377 g/mol. The Morgan fingerprint density at radius 1 is 1.21 bits per heavy atom. The molecule has 1 aliphatic heterocycles. The van der Waals surface area contributed by atoms with Crippen LogP contribution >= 0.6 is 0 Å². The minimum absolute atomic E-state index is 0.00270. The average molecular weight is 377 g/mol. The maximum Gasteiger partial charge on any atom is 0.260 e. The highest BCUT2D eigenvalue weighted by atomic mass is 16.5. The third-order valence-corrected chi connectivity index (χ3v) is 4.85. The summed E-state index contributed by atoms with van der Waals surface area (Å²) in [7, 11) is 0. The van der Waals surface area contributed by atoms with Crippen molar-refractivity contribution in [3.05, 3.63) is 59.3 Å². The topological polar surface area (TPSA) is 67.5 Å². The largest absolute Gasteiger partial charge is 0.483 e. The average Bonchev–Trinajstić information content (AvgIpc) is 3.15. The van der Waals surface area contributed by atoms with Crippen molar-refractivity contribution in [3.63, 3.8) is 0 Å². The predicted octanol–water partition coefficient (Wildman–Crippen LogP) is 3.28. The van der Waals surface area contributed by atoms with Gasteiger partial charge in [-0.1, -0.05) is 30.3 Å². The molecule has 6 heteroatoms. The molecule has 144 valence electrons. The van der Waals surface area contributed by atoms with Gasteiger partial charge in [0.1, 0.15) is 5.75 Å². The molecule has 0 saturated carbocycles. The second-order valence-electron chi connectivity index (χ2n) is 6.79. The summed E-state index contributed by atoms with van der Waals surface area (Å²) in [5.74, 6) is 0.723. The van der Waals surface area contributed by atoms with E-state index >= 15 is 0 Å². The van der Waals surface area contributed by atoms with Crippen LogP contribution in [-0.4, -0.2) is 53.9 Å². The van der Waals surface area contributed by atoms with Gasteiger partial charge in [-0.05, 0) is 42.3 Å². The van der Waals surface area contributed by atoms with E-state index < -0.39 is 0 Å². The van der Waals surface area contributed by atoms with Crippen molar-refractivity contribution >= 4 is 29.0 Å². The Hall–Kier alpha value is -3.12. The molecule has 3 aromatic rings. The Bertz CT molecular complexity index is 1000. The van der Waals surface area contributed by atoms with E-state index in [9.17, 15) is 4.79 Å². The van der Waals surface area contributed by atoms with Gasteiger partial charge in [-0.15, -0.1) is 0 Å². The zero-order valence-corrected chi connectivity index (χ0v) is 15.9. The lowest BCUT2D eigenvalue weighted by molar-refractivity contribution is -0.137. The normalized spacial score (nSPS) is 14.7. The highest BCUT2D eigenvalue weighted by Crippen LogP contribution is 2.22. The lowest BCUT2D eigenvalue weighted by Crippen LogP contribution is -2.43. The number of carbonyl (C=O) groups is 1. The van der Waals surface area contributed by atoms with Crippen LogP contribution < -0.4 is 4.74 Å². The van der Waals surface area contributed by atoms with E-state index in [1.54, 1.807) is 4.90 Å². The molecule has 28 heavy (non-hydrogen) atoms. The maximum atomic E-state index is 12.2. The molecule has 2 aromatic carbocycles. The van der Waals surface area contributed by atoms with Crippen LogP contribution in [0.1, 0.15) is 16.8 Å². The molecule has 0 bridgehead atoms. The zero-order valence-electron chi connectivity index (χ0n) is 15.9. The molecule has 0 spiro atoms. The quantitative estimate of drug-likeness (QED) is 0.741. The molecule has 0 atom stereocenters. The summed E-state index contributed by atoms with van der Waals surface area (Å²) < 4.78 is 11.0. The zero-order chi connectivity index (χ0) is 19.3. The van der Waals surface area contributed by atoms with Gasteiger partial charge in [0, 0.05) is 18.5 Å². The number of nitrogens with one attached hydrogen (secondary N) is 1. The summed E-state index contributed by atoms with van der Waals surface area (Å²) in [4.78, 5) is 14.0. The van der Waals surface area contributed by atoms with Crippen LogP contribution in [0, 0.1) is 6.92 Å². The van der Waals surface area contributed by atoms with E-state index in [4.69, 9.17) is 9.47 Å². The number of H-pyrrole nitrogens is 1.